The third-order valence-electron chi connectivity index (χ3n) is 3.18. The van der Waals surface area contributed by atoms with Crippen molar-refractivity contribution in [3.8, 4) is 5.75 Å². The van der Waals surface area contributed by atoms with Crippen molar-refractivity contribution in [2.75, 3.05) is 6.61 Å². The second kappa shape index (κ2) is 4.64. The SMILES string of the molecule is O=c1ncccn1CCc1ccc2c(c1)CCO2. The highest BCUT2D eigenvalue weighted by Gasteiger charge is 2.11. The molecule has 0 unspecified atom stereocenters. The van der Waals surface area contributed by atoms with E-state index in [2.05, 4.69) is 17.1 Å². The van der Waals surface area contributed by atoms with Crippen molar-refractivity contribution in [1.82, 2.24) is 9.55 Å². The lowest BCUT2D eigenvalue weighted by atomic mass is 10.1. The smallest absolute Gasteiger partial charge is 0.347 e. The van der Waals surface area contributed by atoms with Gasteiger partial charge in [0.1, 0.15) is 5.75 Å². The van der Waals surface area contributed by atoms with Crippen molar-refractivity contribution in [1.29, 1.82) is 0 Å². The maximum Gasteiger partial charge on any atom is 0.347 e. The van der Waals surface area contributed by atoms with Gasteiger partial charge in [0.2, 0.25) is 0 Å². The van der Waals surface area contributed by atoms with E-state index in [-0.39, 0.29) is 5.69 Å². The van der Waals surface area contributed by atoms with Crippen LogP contribution >= 0.6 is 0 Å². The van der Waals surface area contributed by atoms with E-state index in [1.54, 1.807) is 16.8 Å². The molecule has 18 heavy (non-hydrogen) atoms. The average Bonchev–Trinajstić information content (AvgIpc) is 2.85. The van der Waals surface area contributed by atoms with E-state index in [0.717, 1.165) is 25.2 Å². The van der Waals surface area contributed by atoms with Crippen molar-refractivity contribution in [2.24, 2.45) is 0 Å². The van der Waals surface area contributed by atoms with E-state index in [1.165, 1.54) is 17.3 Å². The number of rotatable bonds is 3. The maximum atomic E-state index is 11.5. The third-order valence-corrected chi connectivity index (χ3v) is 3.18. The lowest BCUT2D eigenvalue weighted by molar-refractivity contribution is 0.357. The fraction of sp³-hybridized carbons (Fsp3) is 0.286. The quantitative estimate of drug-likeness (QED) is 0.817. The largest absolute Gasteiger partial charge is 0.493 e. The summed E-state index contributed by atoms with van der Waals surface area (Å²) in [4.78, 5) is 15.2. The summed E-state index contributed by atoms with van der Waals surface area (Å²) in [6, 6.07) is 8.02. The highest BCUT2D eigenvalue weighted by atomic mass is 16.5. The van der Waals surface area contributed by atoms with Crippen LogP contribution in [0.25, 0.3) is 0 Å². The summed E-state index contributed by atoms with van der Waals surface area (Å²) in [7, 11) is 0. The number of hydrogen-bond acceptors (Lipinski definition) is 3. The number of fused-ring (bicyclic) bond motifs is 1. The van der Waals surface area contributed by atoms with Crippen molar-refractivity contribution in [2.45, 2.75) is 19.4 Å². The molecule has 0 fully saturated rings. The van der Waals surface area contributed by atoms with Crippen LogP contribution in [0.5, 0.6) is 5.75 Å². The van der Waals surface area contributed by atoms with Gasteiger partial charge in [-0.3, -0.25) is 4.57 Å². The van der Waals surface area contributed by atoms with Gasteiger partial charge in [-0.15, -0.1) is 0 Å². The van der Waals surface area contributed by atoms with Crippen LogP contribution in [-0.4, -0.2) is 16.2 Å². The molecule has 2 aromatic rings. The Morgan fingerprint density at radius 2 is 2.33 bits per heavy atom. The van der Waals surface area contributed by atoms with Gasteiger partial charge < -0.3 is 4.74 Å². The molecule has 0 atom stereocenters. The molecule has 0 saturated carbocycles. The first-order valence-corrected chi connectivity index (χ1v) is 6.09. The molecule has 0 saturated heterocycles. The number of aryl methyl sites for hydroxylation is 2. The van der Waals surface area contributed by atoms with E-state index in [1.807, 2.05) is 6.07 Å². The Hall–Kier alpha value is -2.10. The van der Waals surface area contributed by atoms with E-state index in [9.17, 15) is 4.79 Å². The minimum absolute atomic E-state index is 0.193. The molecule has 3 rings (SSSR count). The van der Waals surface area contributed by atoms with Crippen molar-refractivity contribution in [3.63, 3.8) is 0 Å². The summed E-state index contributed by atoms with van der Waals surface area (Å²) in [5, 5.41) is 0. The zero-order valence-electron chi connectivity index (χ0n) is 10.0. The molecule has 0 spiro atoms. The summed E-state index contributed by atoms with van der Waals surface area (Å²) in [6.45, 7) is 1.44. The van der Waals surface area contributed by atoms with Crippen molar-refractivity contribution < 1.29 is 4.74 Å². The van der Waals surface area contributed by atoms with Crippen LogP contribution in [-0.2, 0) is 19.4 Å². The Morgan fingerprint density at radius 1 is 1.39 bits per heavy atom. The van der Waals surface area contributed by atoms with E-state index in [4.69, 9.17) is 4.74 Å². The monoisotopic (exact) mass is 242 g/mol. The summed E-state index contributed by atoms with van der Waals surface area (Å²) in [5.41, 5.74) is 2.31. The number of nitrogens with zero attached hydrogens (tertiary/aromatic N) is 2. The Kier molecular flexibility index (Phi) is 2.84. The molecule has 1 aliphatic heterocycles. The molecule has 2 heterocycles. The Morgan fingerprint density at radius 3 is 3.22 bits per heavy atom. The fourth-order valence-electron chi connectivity index (χ4n) is 2.20. The van der Waals surface area contributed by atoms with Crippen molar-refractivity contribution in [3.05, 3.63) is 58.3 Å². The highest BCUT2D eigenvalue weighted by molar-refractivity contribution is 5.39. The van der Waals surface area contributed by atoms with Gasteiger partial charge in [-0.25, -0.2) is 9.78 Å². The second-order valence-electron chi connectivity index (χ2n) is 4.39. The van der Waals surface area contributed by atoms with Gasteiger partial charge in [0.15, 0.2) is 0 Å². The Bertz CT molecular complexity index is 619. The maximum absolute atomic E-state index is 11.5. The summed E-state index contributed by atoms with van der Waals surface area (Å²) >= 11 is 0. The normalized spacial score (nSPS) is 13.1. The molecule has 0 aliphatic carbocycles. The molecule has 4 nitrogen and oxygen atoms in total. The van der Waals surface area contributed by atoms with Crippen LogP contribution in [0.4, 0.5) is 0 Å². The van der Waals surface area contributed by atoms with Crippen LogP contribution in [0.2, 0.25) is 0 Å². The van der Waals surface area contributed by atoms with E-state index in [0.29, 0.717) is 6.54 Å². The van der Waals surface area contributed by atoms with Gasteiger partial charge in [0, 0.05) is 25.4 Å². The van der Waals surface area contributed by atoms with Crippen molar-refractivity contribution >= 4 is 0 Å². The molecule has 0 radical (unpaired) electrons. The summed E-state index contributed by atoms with van der Waals surface area (Å²) < 4.78 is 7.10. The van der Waals surface area contributed by atoms with Gasteiger partial charge in [0.05, 0.1) is 6.61 Å². The standard InChI is InChI=1S/C14H14N2O2/c17-14-15-6-1-7-16(14)8-4-11-2-3-13-12(10-11)5-9-18-13/h1-3,6-7,10H,4-5,8-9H2. The fourth-order valence-corrected chi connectivity index (χ4v) is 2.20. The van der Waals surface area contributed by atoms with Crippen LogP contribution < -0.4 is 10.4 Å². The van der Waals surface area contributed by atoms with Gasteiger partial charge in [-0.05, 0) is 29.7 Å². The summed E-state index contributed by atoms with van der Waals surface area (Å²) in [5.74, 6) is 0.997. The number of aromatic nitrogens is 2. The molecule has 1 aliphatic rings. The highest BCUT2D eigenvalue weighted by Crippen LogP contribution is 2.25. The lowest BCUT2D eigenvalue weighted by Gasteiger charge is -2.06. The first kappa shape index (κ1) is 11.0. The van der Waals surface area contributed by atoms with E-state index < -0.39 is 0 Å². The molecule has 0 N–H and O–H groups in total. The molecule has 0 bridgehead atoms. The molecule has 92 valence electrons. The first-order valence-electron chi connectivity index (χ1n) is 6.09. The zero-order valence-corrected chi connectivity index (χ0v) is 10.0. The molecular weight excluding hydrogens is 228 g/mol. The predicted octanol–water partition coefficient (Wildman–Crippen LogP) is 1.42. The molecule has 0 amide bonds. The van der Waals surface area contributed by atoms with Crippen LogP contribution in [0.15, 0.2) is 41.5 Å². The molecule has 4 heteroatoms. The topological polar surface area (TPSA) is 44.1 Å². The Balaban J connectivity index is 1.74. The van der Waals surface area contributed by atoms with Gasteiger partial charge in [-0.2, -0.15) is 0 Å². The number of ether oxygens (including phenoxy) is 1. The zero-order chi connectivity index (χ0) is 12.4. The third kappa shape index (κ3) is 2.14. The summed E-state index contributed by atoms with van der Waals surface area (Å²) in [6.07, 6.45) is 5.10. The van der Waals surface area contributed by atoms with Gasteiger partial charge in [0.25, 0.3) is 0 Å². The minimum atomic E-state index is -0.193. The average molecular weight is 242 g/mol. The van der Waals surface area contributed by atoms with Crippen LogP contribution in [0.1, 0.15) is 11.1 Å². The lowest BCUT2D eigenvalue weighted by Crippen LogP contribution is -2.22. The second-order valence-corrected chi connectivity index (χ2v) is 4.39. The number of hydrogen-bond donors (Lipinski definition) is 0. The predicted molar refractivity (Wildman–Crippen MR) is 67.8 cm³/mol. The molecule has 1 aromatic carbocycles. The molecular formula is C14H14N2O2. The minimum Gasteiger partial charge on any atom is -0.493 e. The van der Waals surface area contributed by atoms with Crippen LogP contribution in [0.3, 0.4) is 0 Å². The van der Waals surface area contributed by atoms with Gasteiger partial charge in [-0.1, -0.05) is 12.1 Å². The van der Waals surface area contributed by atoms with Gasteiger partial charge >= 0.3 is 5.69 Å². The molecule has 1 aromatic heterocycles. The van der Waals surface area contributed by atoms with E-state index >= 15 is 0 Å². The Labute approximate surface area is 105 Å². The van der Waals surface area contributed by atoms with Crippen LogP contribution in [0, 0.1) is 0 Å². The first-order chi connectivity index (χ1) is 8.83. The number of benzene rings is 1.